The Morgan fingerprint density at radius 3 is 2.45 bits per heavy atom. The van der Waals surface area contributed by atoms with Gasteiger partial charge in [0.2, 0.25) is 15.9 Å². The van der Waals surface area contributed by atoms with Gasteiger partial charge in [0.1, 0.15) is 5.75 Å². The van der Waals surface area contributed by atoms with Crippen molar-refractivity contribution in [3.63, 3.8) is 0 Å². The summed E-state index contributed by atoms with van der Waals surface area (Å²) in [6.45, 7) is 7.09. The topological polar surface area (TPSA) is 84.5 Å². The van der Waals surface area contributed by atoms with Gasteiger partial charge in [-0.1, -0.05) is 6.92 Å². The number of sulfonamides is 1. The normalized spacial score (nSPS) is 14.2. The maximum absolute atomic E-state index is 12.3. The number of rotatable bonds is 7. The zero-order chi connectivity index (χ0) is 16.9. The lowest BCUT2D eigenvalue weighted by Crippen LogP contribution is -2.47. The summed E-state index contributed by atoms with van der Waals surface area (Å²) < 4.78 is 32.1. The van der Waals surface area contributed by atoms with Crippen LogP contribution in [0.2, 0.25) is 0 Å². The molecule has 1 amide bonds. The number of carbonyl (C=O) groups excluding carboxylic acids is 1. The second-order valence-electron chi connectivity index (χ2n) is 5.29. The Labute approximate surface area is 132 Å². The molecule has 0 saturated heterocycles. The zero-order valence-corrected chi connectivity index (χ0v) is 14.5. The second-order valence-corrected chi connectivity index (χ2v) is 7.01. The van der Waals surface area contributed by atoms with Crippen molar-refractivity contribution in [3.05, 3.63) is 23.8 Å². The molecule has 0 aromatic heterocycles. The van der Waals surface area contributed by atoms with Gasteiger partial charge in [0.25, 0.3) is 0 Å². The van der Waals surface area contributed by atoms with E-state index in [0.717, 1.165) is 6.42 Å². The third-order valence-electron chi connectivity index (χ3n) is 3.40. The van der Waals surface area contributed by atoms with Crippen molar-refractivity contribution in [2.45, 2.75) is 51.1 Å². The monoisotopic (exact) mass is 328 g/mol. The van der Waals surface area contributed by atoms with Gasteiger partial charge in [-0.25, -0.2) is 8.42 Å². The summed E-state index contributed by atoms with van der Waals surface area (Å²) in [5.41, 5.74) is 0.710. The van der Waals surface area contributed by atoms with E-state index in [9.17, 15) is 13.2 Å². The summed E-state index contributed by atoms with van der Waals surface area (Å²) in [6.07, 6.45) is 0.781. The predicted octanol–water partition coefficient (Wildman–Crippen LogP) is 1.59. The number of nitrogens with one attached hydrogen (secondary N) is 2. The van der Waals surface area contributed by atoms with Crippen molar-refractivity contribution in [1.29, 1.82) is 0 Å². The number of carbonyl (C=O) groups is 1. The molecule has 7 heteroatoms. The molecule has 0 heterocycles. The standard InChI is InChI=1S/C15H24N2O4S/c1-6-11(3)16-15(18)12(4)17-22(19,20)13-7-8-14(21-5)10(2)9-13/h7-9,11-12,17H,6H2,1-5H3,(H,16,18)/t11-,12+/m0/s1. The molecule has 2 atom stereocenters. The van der Waals surface area contributed by atoms with Crippen LogP contribution in [0.1, 0.15) is 32.8 Å². The smallest absolute Gasteiger partial charge is 0.241 e. The zero-order valence-electron chi connectivity index (χ0n) is 13.6. The van der Waals surface area contributed by atoms with Crippen LogP contribution in [0, 0.1) is 6.92 Å². The minimum absolute atomic E-state index is 0.00249. The first-order valence-corrected chi connectivity index (χ1v) is 8.67. The molecular weight excluding hydrogens is 304 g/mol. The molecule has 0 saturated carbocycles. The van der Waals surface area contributed by atoms with Crippen molar-refractivity contribution in [2.75, 3.05) is 7.11 Å². The van der Waals surface area contributed by atoms with Crippen LogP contribution in [0.5, 0.6) is 5.75 Å². The van der Waals surface area contributed by atoms with Crippen LogP contribution < -0.4 is 14.8 Å². The first-order valence-electron chi connectivity index (χ1n) is 7.18. The van der Waals surface area contributed by atoms with Crippen molar-refractivity contribution in [2.24, 2.45) is 0 Å². The lowest BCUT2D eigenvalue weighted by atomic mass is 10.2. The Balaban J connectivity index is 2.87. The number of aryl methyl sites for hydroxylation is 1. The fraction of sp³-hybridized carbons (Fsp3) is 0.533. The molecule has 2 N–H and O–H groups in total. The summed E-state index contributed by atoms with van der Waals surface area (Å²) in [6, 6.07) is 3.71. The number of amides is 1. The highest BCUT2D eigenvalue weighted by Gasteiger charge is 2.23. The van der Waals surface area contributed by atoms with Gasteiger partial charge in [0.15, 0.2) is 0 Å². The lowest BCUT2D eigenvalue weighted by Gasteiger charge is -2.18. The van der Waals surface area contributed by atoms with E-state index >= 15 is 0 Å². The summed E-state index contributed by atoms with van der Waals surface area (Å²) in [7, 11) is -2.24. The predicted molar refractivity (Wildman–Crippen MR) is 85.4 cm³/mol. The summed E-state index contributed by atoms with van der Waals surface area (Å²) in [4.78, 5) is 12.0. The van der Waals surface area contributed by atoms with Crippen molar-refractivity contribution < 1.29 is 17.9 Å². The molecule has 0 aliphatic heterocycles. The lowest BCUT2D eigenvalue weighted by molar-refractivity contribution is -0.122. The van der Waals surface area contributed by atoms with Crippen LogP contribution >= 0.6 is 0 Å². The van der Waals surface area contributed by atoms with Crippen LogP contribution in [-0.4, -0.2) is 33.5 Å². The third-order valence-corrected chi connectivity index (χ3v) is 4.94. The third kappa shape index (κ3) is 4.71. The van der Waals surface area contributed by atoms with E-state index in [2.05, 4.69) is 10.0 Å². The van der Waals surface area contributed by atoms with Crippen LogP contribution in [0.4, 0.5) is 0 Å². The fourth-order valence-corrected chi connectivity index (χ4v) is 3.13. The summed E-state index contributed by atoms with van der Waals surface area (Å²) in [5.74, 6) is 0.268. The van der Waals surface area contributed by atoms with Gasteiger partial charge < -0.3 is 10.1 Å². The number of ether oxygens (including phenoxy) is 1. The Morgan fingerprint density at radius 2 is 1.95 bits per heavy atom. The highest BCUT2D eigenvalue weighted by molar-refractivity contribution is 7.89. The number of benzene rings is 1. The van der Waals surface area contributed by atoms with Crippen molar-refractivity contribution in [3.8, 4) is 5.75 Å². The summed E-state index contributed by atoms with van der Waals surface area (Å²) in [5, 5.41) is 2.75. The molecule has 1 aromatic rings. The molecular formula is C15H24N2O4S. The minimum Gasteiger partial charge on any atom is -0.496 e. The molecule has 0 fully saturated rings. The maximum Gasteiger partial charge on any atom is 0.241 e. The Morgan fingerprint density at radius 1 is 1.32 bits per heavy atom. The molecule has 0 bridgehead atoms. The Hall–Kier alpha value is -1.60. The molecule has 0 radical (unpaired) electrons. The minimum atomic E-state index is -3.76. The Kier molecular flexibility index (Phi) is 6.37. The maximum atomic E-state index is 12.3. The quantitative estimate of drug-likeness (QED) is 0.796. The average Bonchev–Trinajstić information content (AvgIpc) is 2.46. The molecule has 22 heavy (non-hydrogen) atoms. The van der Waals surface area contributed by atoms with Crippen molar-refractivity contribution >= 4 is 15.9 Å². The first kappa shape index (κ1) is 18.4. The van der Waals surface area contributed by atoms with E-state index in [-0.39, 0.29) is 16.8 Å². The highest BCUT2D eigenvalue weighted by Crippen LogP contribution is 2.21. The largest absolute Gasteiger partial charge is 0.496 e. The van der Waals surface area contributed by atoms with E-state index in [4.69, 9.17) is 4.74 Å². The van der Waals surface area contributed by atoms with E-state index < -0.39 is 16.1 Å². The van der Waals surface area contributed by atoms with Crippen molar-refractivity contribution in [1.82, 2.24) is 10.0 Å². The van der Waals surface area contributed by atoms with E-state index in [0.29, 0.717) is 11.3 Å². The van der Waals surface area contributed by atoms with Gasteiger partial charge in [-0.15, -0.1) is 0 Å². The van der Waals surface area contributed by atoms with Crippen LogP contribution in [0.25, 0.3) is 0 Å². The van der Waals surface area contributed by atoms with Gasteiger partial charge in [-0.2, -0.15) is 4.72 Å². The molecule has 124 valence electrons. The number of methoxy groups -OCH3 is 1. The second kappa shape index (κ2) is 7.60. The van der Waals surface area contributed by atoms with Crippen LogP contribution in [0.3, 0.4) is 0 Å². The number of hydrogen-bond acceptors (Lipinski definition) is 4. The molecule has 0 aliphatic rings. The highest BCUT2D eigenvalue weighted by atomic mass is 32.2. The fourth-order valence-electron chi connectivity index (χ4n) is 1.84. The molecule has 6 nitrogen and oxygen atoms in total. The SMILES string of the molecule is CC[C@H](C)NC(=O)[C@@H](C)NS(=O)(=O)c1ccc(OC)c(C)c1. The molecule has 1 rings (SSSR count). The average molecular weight is 328 g/mol. The van der Waals surface area contributed by atoms with Crippen LogP contribution in [-0.2, 0) is 14.8 Å². The van der Waals surface area contributed by atoms with Gasteiger partial charge in [-0.05, 0) is 51.0 Å². The van der Waals surface area contributed by atoms with E-state index in [1.807, 2.05) is 13.8 Å². The van der Waals surface area contributed by atoms with E-state index in [1.54, 1.807) is 13.0 Å². The van der Waals surface area contributed by atoms with Gasteiger partial charge in [0, 0.05) is 6.04 Å². The van der Waals surface area contributed by atoms with E-state index in [1.165, 1.54) is 26.2 Å². The summed E-state index contributed by atoms with van der Waals surface area (Å²) >= 11 is 0. The molecule has 0 aliphatic carbocycles. The molecule has 1 aromatic carbocycles. The van der Waals surface area contributed by atoms with Gasteiger partial charge in [-0.3, -0.25) is 4.79 Å². The molecule has 0 unspecified atom stereocenters. The Bertz CT molecular complexity index is 628. The molecule has 0 spiro atoms. The van der Waals surface area contributed by atoms with Gasteiger partial charge >= 0.3 is 0 Å². The number of hydrogen-bond donors (Lipinski definition) is 2. The van der Waals surface area contributed by atoms with Gasteiger partial charge in [0.05, 0.1) is 18.0 Å². The first-order chi connectivity index (χ1) is 10.2. The van der Waals surface area contributed by atoms with Crippen LogP contribution in [0.15, 0.2) is 23.1 Å².